The maximum absolute atomic E-state index is 6.07. The Balaban J connectivity index is 1.89. The van der Waals surface area contributed by atoms with E-state index < -0.39 is 0 Å². The van der Waals surface area contributed by atoms with Gasteiger partial charge in [-0.3, -0.25) is 0 Å². The lowest BCUT2D eigenvalue weighted by molar-refractivity contribution is 0.249. The zero-order chi connectivity index (χ0) is 21.2. The average Bonchev–Trinajstić information content (AvgIpc) is 2.73. The predicted octanol–water partition coefficient (Wildman–Crippen LogP) is 4.39. The quantitative estimate of drug-likeness (QED) is 0.406. The lowest BCUT2D eigenvalue weighted by Crippen LogP contribution is -2.22. The van der Waals surface area contributed by atoms with Gasteiger partial charge in [0.1, 0.15) is 11.5 Å². The molecule has 0 aromatic heterocycles. The zero-order valence-corrected chi connectivity index (χ0v) is 18.3. The van der Waals surface area contributed by atoms with Crippen LogP contribution in [0.3, 0.4) is 0 Å². The summed E-state index contributed by atoms with van der Waals surface area (Å²) in [6, 6.07) is 11.9. The first-order valence-electron chi connectivity index (χ1n) is 10.6. The number of rotatable bonds is 12. The van der Waals surface area contributed by atoms with Gasteiger partial charge in [0.25, 0.3) is 0 Å². The second kappa shape index (κ2) is 11.3. The number of nitrogens with zero attached hydrogens (tertiary/aromatic N) is 2. The molecule has 6 nitrogen and oxygen atoms in total. The third-order valence-corrected chi connectivity index (χ3v) is 5.06. The number of ether oxygens (including phenoxy) is 2. The van der Waals surface area contributed by atoms with Crippen LogP contribution < -0.4 is 30.7 Å². The van der Waals surface area contributed by atoms with E-state index in [0.717, 1.165) is 55.5 Å². The maximum atomic E-state index is 6.07. The van der Waals surface area contributed by atoms with Crippen LogP contribution in [-0.2, 0) is 0 Å². The van der Waals surface area contributed by atoms with Crippen LogP contribution in [0.4, 0.5) is 22.7 Å². The Morgan fingerprint density at radius 3 is 1.38 bits per heavy atom. The summed E-state index contributed by atoms with van der Waals surface area (Å²) in [5, 5.41) is 0. The normalized spacial score (nSPS) is 10.6. The molecule has 0 bridgehead atoms. The topological polar surface area (TPSA) is 77.0 Å². The van der Waals surface area contributed by atoms with Gasteiger partial charge in [-0.1, -0.05) is 0 Å². The Morgan fingerprint density at radius 2 is 1.03 bits per heavy atom. The molecule has 2 aromatic carbocycles. The van der Waals surface area contributed by atoms with Crippen LogP contribution in [0.15, 0.2) is 36.4 Å². The summed E-state index contributed by atoms with van der Waals surface area (Å²) < 4.78 is 11.8. The molecule has 0 fully saturated rings. The number of anilines is 4. The number of nitrogen functional groups attached to an aromatic ring is 2. The summed E-state index contributed by atoms with van der Waals surface area (Å²) in [5.74, 6) is 1.44. The molecule has 4 N–H and O–H groups in total. The van der Waals surface area contributed by atoms with Gasteiger partial charge in [-0.25, -0.2) is 0 Å². The largest absolute Gasteiger partial charge is 0.491 e. The van der Waals surface area contributed by atoms with Crippen LogP contribution >= 0.6 is 0 Å². The molecule has 29 heavy (non-hydrogen) atoms. The third kappa shape index (κ3) is 6.11. The molecule has 2 aromatic rings. The van der Waals surface area contributed by atoms with E-state index in [2.05, 4.69) is 37.5 Å². The van der Waals surface area contributed by atoms with Crippen molar-refractivity contribution in [1.82, 2.24) is 0 Å². The van der Waals surface area contributed by atoms with Crippen molar-refractivity contribution in [3.63, 3.8) is 0 Å². The van der Waals surface area contributed by atoms with Crippen molar-refractivity contribution in [2.45, 2.75) is 34.1 Å². The molecular weight excluding hydrogens is 364 g/mol. The maximum Gasteiger partial charge on any atom is 0.144 e. The third-order valence-electron chi connectivity index (χ3n) is 5.06. The van der Waals surface area contributed by atoms with Gasteiger partial charge in [-0.2, -0.15) is 0 Å². The van der Waals surface area contributed by atoms with Crippen LogP contribution in [0, 0.1) is 0 Å². The van der Waals surface area contributed by atoms with Gasteiger partial charge in [0.05, 0.1) is 24.6 Å². The van der Waals surface area contributed by atoms with E-state index in [4.69, 9.17) is 20.9 Å². The highest BCUT2D eigenvalue weighted by atomic mass is 16.5. The molecule has 6 heteroatoms. The van der Waals surface area contributed by atoms with Gasteiger partial charge in [0.15, 0.2) is 0 Å². The Kier molecular flexibility index (Phi) is 8.77. The minimum absolute atomic E-state index is 0.529. The van der Waals surface area contributed by atoms with Crippen LogP contribution in [0.1, 0.15) is 34.1 Å². The number of hydrogen-bond donors (Lipinski definition) is 2. The van der Waals surface area contributed by atoms with Gasteiger partial charge >= 0.3 is 0 Å². The Labute approximate surface area is 175 Å². The lowest BCUT2D eigenvalue weighted by Gasteiger charge is -2.22. The fourth-order valence-electron chi connectivity index (χ4n) is 3.29. The molecular formula is C23H36N4O2. The average molecular weight is 401 g/mol. The first kappa shape index (κ1) is 22.5. The van der Waals surface area contributed by atoms with Crippen molar-refractivity contribution in [3.05, 3.63) is 36.4 Å². The van der Waals surface area contributed by atoms with Crippen molar-refractivity contribution < 1.29 is 9.47 Å². The van der Waals surface area contributed by atoms with Gasteiger partial charge in [0.2, 0.25) is 0 Å². The van der Waals surface area contributed by atoms with Crippen LogP contribution in [-0.4, -0.2) is 39.4 Å². The molecule has 0 radical (unpaired) electrons. The van der Waals surface area contributed by atoms with Gasteiger partial charge in [-0.15, -0.1) is 0 Å². The Morgan fingerprint density at radius 1 is 0.655 bits per heavy atom. The molecule has 0 saturated carbocycles. The number of hydrogen-bond acceptors (Lipinski definition) is 6. The van der Waals surface area contributed by atoms with Gasteiger partial charge in [0, 0.05) is 56.1 Å². The minimum Gasteiger partial charge on any atom is -0.491 e. The molecule has 0 amide bonds. The SMILES string of the molecule is CCN(CC)c1ccc(N)c(OCCCOc2cc(N(CC)CC)ccc2N)c1. The molecule has 0 aliphatic carbocycles. The summed E-state index contributed by atoms with van der Waals surface area (Å²) in [7, 11) is 0. The molecule has 0 spiro atoms. The van der Waals surface area contributed by atoms with Crippen molar-refractivity contribution >= 4 is 22.7 Å². The number of nitrogens with two attached hydrogens (primary N) is 2. The lowest BCUT2D eigenvalue weighted by atomic mass is 10.2. The van der Waals surface area contributed by atoms with Gasteiger partial charge in [-0.05, 0) is 52.0 Å². The molecule has 0 aliphatic rings. The van der Waals surface area contributed by atoms with E-state index in [9.17, 15) is 0 Å². The molecule has 0 unspecified atom stereocenters. The standard InChI is InChI=1S/C23H36N4O2/c1-5-26(6-2)18-10-12-20(24)22(16-18)28-14-9-15-29-23-17-19(11-13-21(23)25)27(7-3)8-4/h10-13,16-17H,5-9,14-15,24-25H2,1-4H3. The smallest absolute Gasteiger partial charge is 0.144 e. The molecule has 0 aliphatic heterocycles. The molecule has 2 rings (SSSR count). The zero-order valence-electron chi connectivity index (χ0n) is 18.3. The fraction of sp³-hybridized carbons (Fsp3) is 0.478. The van der Waals surface area contributed by atoms with Crippen LogP contribution in [0.5, 0.6) is 11.5 Å². The Hall–Kier alpha value is -2.76. The Bertz CT molecular complexity index is 695. The fourth-order valence-corrected chi connectivity index (χ4v) is 3.29. The summed E-state index contributed by atoms with van der Waals surface area (Å²) in [6.07, 6.45) is 0.740. The second-order valence-electron chi connectivity index (χ2n) is 6.84. The van der Waals surface area contributed by atoms with Crippen molar-refractivity contribution in [2.75, 3.05) is 60.7 Å². The highest BCUT2D eigenvalue weighted by Gasteiger charge is 2.09. The highest BCUT2D eigenvalue weighted by molar-refractivity contribution is 5.63. The molecule has 0 atom stereocenters. The molecule has 160 valence electrons. The minimum atomic E-state index is 0.529. The van der Waals surface area contributed by atoms with E-state index in [-0.39, 0.29) is 0 Å². The predicted molar refractivity (Wildman–Crippen MR) is 124 cm³/mol. The van der Waals surface area contributed by atoms with Crippen LogP contribution in [0.2, 0.25) is 0 Å². The van der Waals surface area contributed by atoms with Gasteiger partial charge < -0.3 is 30.7 Å². The van der Waals surface area contributed by atoms with E-state index in [0.29, 0.717) is 24.6 Å². The molecule has 0 heterocycles. The van der Waals surface area contributed by atoms with Crippen molar-refractivity contribution in [2.24, 2.45) is 0 Å². The van der Waals surface area contributed by atoms with Crippen molar-refractivity contribution in [1.29, 1.82) is 0 Å². The monoisotopic (exact) mass is 400 g/mol. The first-order chi connectivity index (χ1) is 14.0. The highest BCUT2D eigenvalue weighted by Crippen LogP contribution is 2.29. The van der Waals surface area contributed by atoms with E-state index in [1.54, 1.807) is 0 Å². The summed E-state index contributed by atoms with van der Waals surface area (Å²) in [6.45, 7) is 13.4. The van der Waals surface area contributed by atoms with E-state index in [1.165, 1.54) is 0 Å². The number of benzene rings is 2. The first-order valence-corrected chi connectivity index (χ1v) is 10.6. The van der Waals surface area contributed by atoms with E-state index in [1.807, 2.05) is 36.4 Å². The van der Waals surface area contributed by atoms with E-state index >= 15 is 0 Å². The van der Waals surface area contributed by atoms with Crippen molar-refractivity contribution in [3.8, 4) is 11.5 Å². The summed E-state index contributed by atoms with van der Waals surface area (Å²) in [5.41, 5.74) is 15.7. The van der Waals surface area contributed by atoms with Crippen LogP contribution in [0.25, 0.3) is 0 Å². The summed E-state index contributed by atoms with van der Waals surface area (Å²) >= 11 is 0. The molecule has 0 saturated heterocycles. The summed E-state index contributed by atoms with van der Waals surface area (Å²) in [4.78, 5) is 4.53. The second-order valence-corrected chi connectivity index (χ2v) is 6.84.